The molecule has 1 heterocycles. The molecule has 0 radical (unpaired) electrons. The van der Waals surface area contributed by atoms with Crippen molar-refractivity contribution in [1.82, 2.24) is 10.3 Å². The summed E-state index contributed by atoms with van der Waals surface area (Å²) in [4.78, 5) is 27.1. The lowest BCUT2D eigenvalue weighted by molar-refractivity contribution is -0.137. The number of carbonyl (C=O) groups is 2. The summed E-state index contributed by atoms with van der Waals surface area (Å²) < 4.78 is 10.5. The molecule has 0 aliphatic rings. The van der Waals surface area contributed by atoms with E-state index in [0.29, 0.717) is 23.6 Å². The van der Waals surface area contributed by atoms with Crippen LogP contribution in [0.25, 0.3) is 10.6 Å². The molecule has 2 rings (SSSR count). The third kappa shape index (κ3) is 5.45. The summed E-state index contributed by atoms with van der Waals surface area (Å²) in [5, 5.41) is 14.1. The molecule has 0 spiro atoms. The van der Waals surface area contributed by atoms with Gasteiger partial charge in [0.1, 0.15) is 5.01 Å². The molecule has 1 unspecified atom stereocenters. The number of carboxylic acid groups (broad SMARTS) is 1. The zero-order valence-corrected chi connectivity index (χ0v) is 15.8. The first kappa shape index (κ1) is 19.7. The van der Waals surface area contributed by atoms with Crippen LogP contribution in [0, 0.1) is 0 Å². The number of hydrogen-bond donors (Lipinski definition) is 2. The molecule has 2 aromatic rings. The molecule has 7 nitrogen and oxygen atoms in total. The first-order valence-electron chi connectivity index (χ1n) is 8.11. The molecule has 0 saturated heterocycles. The number of ether oxygens (including phenoxy) is 2. The number of nitrogens with zero attached hydrogens (tertiary/aromatic N) is 1. The molecular weight excluding hydrogens is 356 g/mol. The van der Waals surface area contributed by atoms with Crippen molar-refractivity contribution >= 4 is 23.2 Å². The van der Waals surface area contributed by atoms with Crippen LogP contribution in [-0.2, 0) is 16.0 Å². The van der Waals surface area contributed by atoms with Gasteiger partial charge in [-0.3, -0.25) is 9.59 Å². The van der Waals surface area contributed by atoms with E-state index in [-0.39, 0.29) is 24.8 Å². The van der Waals surface area contributed by atoms with E-state index in [0.717, 1.165) is 10.6 Å². The molecule has 0 fully saturated rings. The molecule has 8 heteroatoms. The molecule has 140 valence electrons. The Balaban J connectivity index is 1.99. The maximum absolute atomic E-state index is 12.1. The second-order valence-corrected chi connectivity index (χ2v) is 6.65. The number of nitrogens with one attached hydrogen (secondary N) is 1. The van der Waals surface area contributed by atoms with Gasteiger partial charge in [0.15, 0.2) is 11.5 Å². The summed E-state index contributed by atoms with van der Waals surface area (Å²) in [6.45, 7) is 1.79. The number of aliphatic carboxylic acids is 1. The summed E-state index contributed by atoms with van der Waals surface area (Å²) in [5.74, 6) is 0.215. The zero-order valence-electron chi connectivity index (χ0n) is 14.9. The summed E-state index contributed by atoms with van der Waals surface area (Å²) in [6, 6.07) is 5.35. The molecule has 1 amide bonds. The van der Waals surface area contributed by atoms with Gasteiger partial charge in [0.25, 0.3) is 0 Å². The highest BCUT2D eigenvalue weighted by atomic mass is 32.1. The van der Waals surface area contributed by atoms with Crippen molar-refractivity contribution in [3.05, 3.63) is 29.3 Å². The van der Waals surface area contributed by atoms with Crippen molar-refractivity contribution in [3.8, 4) is 22.1 Å². The molecular formula is C18H22N2O5S. The van der Waals surface area contributed by atoms with Crippen LogP contribution in [0.4, 0.5) is 0 Å². The summed E-state index contributed by atoms with van der Waals surface area (Å²) >= 11 is 1.45. The van der Waals surface area contributed by atoms with Crippen LogP contribution < -0.4 is 14.8 Å². The van der Waals surface area contributed by atoms with Crippen molar-refractivity contribution in [3.63, 3.8) is 0 Å². The SMILES string of the molecule is COc1ccc(-c2nc(CC(=O)NC(C)CCC(=O)O)cs2)cc1OC. The number of thiazole rings is 1. The first-order chi connectivity index (χ1) is 12.4. The Labute approximate surface area is 156 Å². The monoisotopic (exact) mass is 378 g/mol. The van der Waals surface area contributed by atoms with Crippen LogP contribution >= 0.6 is 11.3 Å². The fourth-order valence-electron chi connectivity index (χ4n) is 2.39. The third-order valence-electron chi connectivity index (χ3n) is 3.72. The smallest absolute Gasteiger partial charge is 0.303 e. The number of methoxy groups -OCH3 is 2. The van der Waals surface area contributed by atoms with E-state index in [4.69, 9.17) is 14.6 Å². The van der Waals surface area contributed by atoms with Gasteiger partial charge in [-0.15, -0.1) is 11.3 Å². The Morgan fingerprint density at radius 2 is 2.00 bits per heavy atom. The Kier molecular flexibility index (Phi) is 6.97. The Bertz CT molecular complexity index is 775. The number of aromatic nitrogens is 1. The maximum Gasteiger partial charge on any atom is 0.303 e. The Hall–Kier alpha value is -2.61. The summed E-state index contributed by atoms with van der Waals surface area (Å²) in [6.07, 6.45) is 0.581. The van der Waals surface area contributed by atoms with Crippen LogP contribution in [-0.4, -0.2) is 42.2 Å². The topological polar surface area (TPSA) is 97.8 Å². The number of rotatable bonds is 9. The lowest BCUT2D eigenvalue weighted by Crippen LogP contribution is -2.34. The molecule has 0 saturated carbocycles. The minimum absolute atomic E-state index is 0.0294. The van der Waals surface area contributed by atoms with Crippen LogP contribution in [0.5, 0.6) is 11.5 Å². The second kappa shape index (κ2) is 9.19. The molecule has 1 aromatic carbocycles. The highest BCUT2D eigenvalue weighted by Crippen LogP contribution is 2.33. The normalized spacial score (nSPS) is 11.7. The highest BCUT2D eigenvalue weighted by Gasteiger charge is 2.13. The third-order valence-corrected chi connectivity index (χ3v) is 4.66. The van der Waals surface area contributed by atoms with E-state index >= 15 is 0 Å². The standard InChI is InChI=1S/C18H22N2O5S/c1-11(4-7-17(22)23)19-16(21)9-13-10-26-18(20-13)12-5-6-14(24-2)15(8-12)25-3/h5-6,8,10-11H,4,7,9H2,1-3H3,(H,19,21)(H,22,23). The lowest BCUT2D eigenvalue weighted by atomic mass is 10.1. The van der Waals surface area contributed by atoms with Gasteiger partial charge < -0.3 is 19.9 Å². The van der Waals surface area contributed by atoms with Gasteiger partial charge in [-0.1, -0.05) is 0 Å². The predicted molar refractivity (Wildman–Crippen MR) is 98.8 cm³/mol. The van der Waals surface area contributed by atoms with Crippen molar-refractivity contribution in [2.45, 2.75) is 32.2 Å². The Morgan fingerprint density at radius 1 is 1.27 bits per heavy atom. The van der Waals surface area contributed by atoms with E-state index in [1.807, 2.05) is 23.6 Å². The van der Waals surface area contributed by atoms with Gasteiger partial charge in [-0.25, -0.2) is 4.98 Å². The molecule has 0 aliphatic carbocycles. The van der Waals surface area contributed by atoms with E-state index in [9.17, 15) is 9.59 Å². The molecule has 2 N–H and O–H groups in total. The van der Waals surface area contributed by atoms with Crippen LogP contribution in [0.1, 0.15) is 25.5 Å². The summed E-state index contributed by atoms with van der Waals surface area (Å²) in [7, 11) is 3.15. The number of hydrogen-bond acceptors (Lipinski definition) is 6. The fraction of sp³-hybridized carbons (Fsp3) is 0.389. The molecule has 1 aromatic heterocycles. The predicted octanol–water partition coefficient (Wildman–Crippen LogP) is 2.74. The molecule has 0 aliphatic heterocycles. The largest absolute Gasteiger partial charge is 0.493 e. The van der Waals surface area contributed by atoms with Crippen molar-refractivity contribution in [2.24, 2.45) is 0 Å². The average Bonchev–Trinajstić information content (AvgIpc) is 3.07. The number of benzene rings is 1. The van der Waals surface area contributed by atoms with Crippen LogP contribution in [0.15, 0.2) is 23.6 Å². The summed E-state index contributed by atoms with van der Waals surface area (Å²) in [5.41, 5.74) is 1.55. The quantitative estimate of drug-likeness (QED) is 0.696. The van der Waals surface area contributed by atoms with E-state index < -0.39 is 5.97 Å². The maximum atomic E-state index is 12.1. The minimum atomic E-state index is -0.870. The first-order valence-corrected chi connectivity index (χ1v) is 8.98. The molecule has 1 atom stereocenters. The minimum Gasteiger partial charge on any atom is -0.493 e. The zero-order chi connectivity index (χ0) is 19.1. The number of carboxylic acids is 1. The highest BCUT2D eigenvalue weighted by molar-refractivity contribution is 7.13. The lowest BCUT2D eigenvalue weighted by Gasteiger charge is -2.11. The molecule has 26 heavy (non-hydrogen) atoms. The van der Waals surface area contributed by atoms with Gasteiger partial charge in [-0.2, -0.15) is 0 Å². The van der Waals surface area contributed by atoms with Crippen molar-refractivity contribution < 1.29 is 24.2 Å². The van der Waals surface area contributed by atoms with E-state index in [2.05, 4.69) is 10.3 Å². The van der Waals surface area contributed by atoms with Crippen molar-refractivity contribution in [2.75, 3.05) is 14.2 Å². The number of carbonyl (C=O) groups excluding carboxylic acids is 1. The van der Waals surface area contributed by atoms with E-state index in [1.165, 1.54) is 11.3 Å². The average molecular weight is 378 g/mol. The van der Waals surface area contributed by atoms with Gasteiger partial charge >= 0.3 is 5.97 Å². The van der Waals surface area contributed by atoms with E-state index in [1.54, 1.807) is 21.1 Å². The van der Waals surface area contributed by atoms with Crippen molar-refractivity contribution in [1.29, 1.82) is 0 Å². The van der Waals surface area contributed by atoms with Crippen LogP contribution in [0.2, 0.25) is 0 Å². The fourth-order valence-corrected chi connectivity index (χ4v) is 3.21. The Morgan fingerprint density at radius 3 is 2.65 bits per heavy atom. The van der Waals surface area contributed by atoms with Gasteiger partial charge in [0, 0.05) is 23.4 Å². The molecule has 0 bridgehead atoms. The van der Waals surface area contributed by atoms with Gasteiger partial charge in [-0.05, 0) is 31.5 Å². The number of amides is 1. The van der Waals surface area contributed by atoms with Gasteiger partial charge in [0.05, 0.1) is 26.3 Å². The second-order valence-electron chi connectivity index (χ2n) is 5.79. The van der Waals surface area contributed by atoms with Gasteiger partial charge in [0.2, 0.25) is 5.91 Å². The van der Waals surface area contributed by atoms with Crippen LogP contribution in [0.3, 0.4) is 0 Å².